The highest BCUT2D eigenvalue weighted by atomic mass is 32.1. The third kappa shape index (κ3) is 3.59. The van der Waals surface area contributed by atoms with E-state index in [-0.39, 0.29) is 5.69 Å². The molecule has 144 valence electrons. The molecule has 0 unspecified atom stereocenters. The third-order valence-corrected chi connectivity index (χ3v) is 4.83. The lowest BCUT2D eigenvalue weighted by molar-refractivity contribution is -0.384. The van der Waals surface area contributed by atoms with Crippen LogP contribution in [0.3, 0.4) is 0 Å². The average Bonchev–Trinajstić information content (AvgIpc) is 2.72. The van der Waals surface area contributed by atoms with Gasteiger partial charge in [-0.15, -0.1) is 0 Å². The van der Waals surface area contributed by atoms with Gasteiger partial charge in [0.2, 0.25) is 0 Å². The number of ether oxygens (including phenoxy) is 1. The van der Waals surface area contributed by atoms with E-state index in [1.54, 1.807) is 12.1 Å². The van der Waals surface area contributed by atoms with Gasteiger partial charge in [-0.25, -0.2) is 4.79 Å². The molecule has 1 aliphatic rings. The van der Waals surface area contributed by atoms with Gasteiger partial charge in [-0.1, -0.05) is 25.1 Å². The molecule has 7 nitrogen and oxygen atoms in total. The molecule has 2 aromatic carbocycles. The fourth-order valence-corrected chi connectivity index (χ4v) is 3.59. The summed E-state index contributed by atoms with van der Waals surface area (Å²) in [7, 11) is 1.33. The second-order valence-electron chi connectivity index (χ2n) is 6.11. The quantitative estimate of drug-likeness (QED) is 0.355. The molecule has 0 aromatic heterocycles. The zero-order valence-corrected chi connectivity index (χ0v) is 16.2. The van der Waals surface area contributed by atoms with Gasteiger partial charge in [0.1, 0.15) is 0 Å². The van der Waals surface area contributed by atoms with Crippen molar-refractivity contribution in [3.8, 4) is 0 Å². The number of carbonyl (C=O) groups is 1. The van der Waals surface area contributed by atoms with Gasteiger partial charge < -0.3 is 10.1 Å². The first kappa shape index (κ1) is 19.5. The van der Waals surface area contributed by atoms with Gasteiger partial charge >= 0.3 is 5.97 Å². The van der Waals surface area contributed by atoms with Crippen molar-refractivity contribution >= 4 is 34.7 Å². The highest BCUT2D eigenvalue weighted by Gasteiger charge is 2.36. The highest BCUT2D eigenvalue weighted by molar-refractivity contribution is 7.80. The SMILES string of the molecule is CCC1=C(C(=O)OC)[C@H](c2ccc([N+](=O)[O-])cc2)NC(=S)N1c1ccccc1. The fourth-order valence-electron chi connectivity index (χ4n) is 3.25. The Labute approximate surface area is 167 Å². The number of benzene rings is 2. The summed E-state index contributed by atoms with van der Waals surface area (Å²) < 4.78 is 5.04. The number of methoxy groups -OCH3 is 1. The zero-order chi connectivity index (χ0) is 20.3. The molecule has 1 atom stereocenters. The predicted octanol–water partition coefficient (Wildman–Crippen LogP) is 3.87. The molecule has 0 amide bonds. The Kier molecular flexibility index (Phi) is 5.70. The number of carbonyl (C=O) groups excluding carboxylic acids is 1. The Morgan fingerprint density at radius 3 is 2.39 bits per heavy atom. The van der Waals surface area contributed by atoms with Gasteiger partial charge in [0.15, 0.2) is 5.11 Å². The van der Waals surface area contributed by atoms with Crippen molar-refractivity contribution in [1.82, 2.24) is 5.32 Å². The molecule has 0 radical (unpaired) electrons. The van der Waals surface area contributed by atoms with Gasteiger partial charge in [0, 0.05) is 23.5 Å². The second-order valence-corrected chi connectivity index (χ2v) is 6.49. The van der Waals surface area contributed by atoms with Crippen LogP contribution in [0.25, 0.3) is 0 Å². The standard InChI is InChI=1S/C20H19N3O4S/c1-3-16-17(19(24)27-2)18(13-9-11-15(12-10-13)23(25)26)21-20(28)22(16)14-7-5-4-6-8-14/h4-12,18H,3H2,1-2H3,(H,21,28)/t18-/m0/s1. The molecule has 8 heteroatoms. The number of para-hydroxylation sites is 1. The number of thiocarbonyl (C=S) groups is 1. The van der Waals surface area contributed by atoms with Crippen LogP contribution in [0, 0.1) is 10.1 Å². The summed E-state index contributed by atoms with van der Waals surface area (Å²) >= 11 is 5.59. The van der Waals surface area contributed by atoms with E-state index < -0.39 is 16.9 Å². The van der Waals surface area contributed by atoms with E-state index in [0.717, 1.165) is 11.4 Å². The Hall–Kier alpha value is -3.26. The minimum atomic E-state index is -0.560. The van der Waals surface area contributed by atoms with E-state index in [1.165, 1.54) is 19.2 Å². The second kappa shape index (κ2) is 8.18. The van der Waals surface area contributed by atoms with Crippen LogP contribution in [0.15, 0.2) is 65.9 Å². The summed E-state index contributed by atoms with van der Waals surface area (Å²) in [5.74, 6) is -0.476. The van der Waals surface area contributed by atoms with Gasteiger partial charge in [0.25, 0.3) is 5.69 Å². The minimum absolute atomic E-state index is 0.0210. The highest BCUT2D eigenvalue weighted by Crippen LogP contribution is 2.36. The molecule has 1 N–H and O–H groups in total. The van der Waals surface area contributed by atoms with Crippen LogP contribution < -0.4 is 10.2 Å². The van der Waals surface area contributed by atoms with E-state index in [9.17, 15) is 14.9 Å². The maximum absolute atomic E-state index is 12.7. The summed E-state index contributed by atoms with van der Waals surface area (Å²) in [5.41, 5.74) is 2.65. The first-order chi connectivity index (χ1) is 13.5. The zero-order valence-electron chi connectivity index (χ0n) is 15.4. The predicted molar refractivity (Wildman–Crippen MR) is 110 cm³/mol. The molecule has 28 heavy (non-hydrogen) atoms. The number of non-ortho nitro benzene ring substituents is 1. The molecule has 3 rings (SSSR count). The largest absolute Gasteiger partial charge is 0.466 e. The molecule has 1 aliphatic heterocycles. The van der Waals surface area contributed by atoms with Gasteiger partial charge in [-0.2, -0.15) is 0 Å². The smallest absolute Gasteiger partial charge is 0.337 e. The number of rotatable bonds is 5. The van der Waals surface area contributed by atoms with Crippen molar-refractivity contribution in [3.05, 3.63) is 81.5 Å². The molecule has 0 aliphatic carbocycles. The lowest BCUT2D eigenvalue weighted by Gasteiger charge is -2.38. The summed E-state index contributed by atoms with van der Waals surface area (Å²) in [6, 6.07) is 15.0. The van der Waals surface area contributed by atoms with Gasteiger partial charge in [0.05, 0.1) is 23.6 Å². The normalized spacial score (nSPS) is 16.6. The first-order valence-corrected chi connectivity index (χ1v) is 9.10. The number of allylic oxidation sites excluding steroid dienone is 1. The molecule has 0 bridgehead atoms. The Balaban J connectivity index is 2.14. The molecule has 0 saturated heterocycles. The number of nitro benzene ring substituents is 1. The van der Waals surface area contributed by atoms with Gasteiger partial charge in [-0.3, -0.25) is 15.0 Å². The summed E-state index contributed by atoms with van der Waals surface area (Å²) in [4.78, 5) is 25.0. The van der Waals surface area contributed by atoms with Crippen molar-refractivity contribution in [2.75, 3.05) is 12.0 Å². The van der Waals surface area contributed by atoms with Crippen LogP contribution in [0.5, 0.6) is 0 Å². The van der Waals surface area contributed by atoms with E-state index in [2.05, 4.69) is 5.32 Å². The van der Waals surface area contributed by atoms with Crippen LogP contribution >= 0.6 is 12.2 Å². The first-order valence-electron chi connectivity index (χ1n) is 8.69. The topological polar surface area (TPSA) is 84.7 Å². The third-order valence-electron chi connectivity index (χ3n) is 4.53. The van der Waals surface area contributed by atoms with Crippen LogP contribution in [-0.4, -0.2) is 23.1 Å². The van der Waals surface area contributed by atoms with Crippen LogP contribution in [0.1, 0.15) is 24.9 Å². The lowest BCUT2D eigenvalue weighted by atomic mass is 9.93. The fraction of sp³-hybridized carbons (Fsp3) is 0.200. The Bertz CT molecular complexity index is 942. The molecule has 2 aromatic rings. The summed E-state index contributed by atoms with van der Waals surface area (Å²) in [6.07, 6.45) is 0.546. The minimum Gasteiger partial charge on any atom is -0.466 e. The van der Waals surface area contributed by atoms with E-state index in [4.69, 9.17) is 17.0 Å². The molecular weight excluding hydrogens is 378 g/mol. The Morgan fingerprint density at radius 1 is 1.21 bits per heavy atom. The number of hydrogen-bond donors (Lipinski definition) is 1. The number of anilines is 1. The molecule has 0 saturated carbocycles. The number of nitrogens with one attached hydrogen (secondary N) is 1. The van der Waals surface area contributed by atoms with Gasteiger partial charge in [-0.05, 0) is 48.5 Å². The number of nitrogens with zero attached hydrogens (tertiary/aromatic N) is 2. The molecule has 0 fully saturated rings. The van der Waals surface area contributed by atoms with E-state index in [0.29, 0.717) is 22.7 Å². The van der Waals surface area contributed by atoms with E-state index in [1.807, 2.05) is 42.2 Å². The molecular formula is C20H19N3O4S. The van der Waals surface area contributed by atoms with Crippen LogP contribution in [0.4, 0.5) is 11.4 Å². The van der Waals surface area contributed by atoms with Crippen molar-refractivity contribution in [2.45, 2.75) is 19.4 Å². The number of esters is 1. The molecule has 1 heterocycles. The van der Waals surface area contributed by atoms with Crippen LogP contribution in [0.2, 0.25) is 0 Å². The van der Waals surface area contributed by atoms with Crippen molar-refractivity contribution in [2.24, 2.45) is 0 Å². The summed E-state index contributed by atoms with van der Waals surface area (Å²) in [5, 5.41) is 14.6. The Morgan fingerprint density at radius 2 is 1.86 bits per heavy atom. The van der Waals surface area contributed by atoms with Crippen molar-refractivity contribution in [3.63, 3.8) is 0 Å². The maximum Gasteiger partial charge on any atom is 0.337 e. The van der Waals surface area contributed by atoms with Crippen molar-refractivity contribution in [1.29, 1.82) is 0 Å². The van der Waals surface area contributed by atoms with Crippen molar-refractivity contribution < 1.29 is 14.5 Å². The van der Waals surface area contributed by atoms with E-state index >= 15 is 0 Å². The van der Waals surface area contributed by atoms with Crippen LogP contribution in [-0.2, 0) is 9.53 Å². The number of hydrogen-bond acceptors (Lipinski definition) is 5. The number of nitro groups is 1. The molecule has 0 spiro atoms. The lowest BCUT2D eigenvalue weighted by Crippen LogP contribution is -2.48. The monoisotopic (exact) mass is 397 g/mol. The average molecular weight is 397 g/mol. The summed E-state index contributed by atoms with van der Waals surface area (Å²) in [6.45, 7) is 1.94. The maximum atomic E-state index is 12.7.